The molecule has 0 aromatic heterocycles. The molecule has 0 bridgehead atoms. The summed E-state index contributed by atoms with van der Waals surface area (Å²) in [6.45, 7) is 3.16. The molecule has 2 aliphatic rings. The number of piperidine rings is 2. The summed E-state index contributed by atoms with van der Waals surface area (Å²) in [5.74, 6) is 0.318. The zero-order chi connectivity index (χ0) is 26.6. The molecular formula is C30H38N4O4. The summed E-state index contributed by atoms with van der Waals surface area (Å²) in [4.78, 5) is 28.6. The van der Waals surface area contributed by atoms with Gasteiger partial charge in [0, 0.05) is 25.0 Å². The average molecular weight is 519 g/mol. The SMILES string of the molecule is N#Cc1ccc(OCCC2CCCCN2C(=O)[C@H](CC(=O)OCc2ccccc2)NC2CCNCC2)cc1. The summed E-state index contributed by atoms with van der Waals surface area (Å²) < 4.78 is 11.5. The largest absolute Gasteiger partial charge is 0.494 e. The second-order valence-corrected chi connectivity index (χ2v) is 10.0. The van der Waals surface area contributed by atoms with Gasteiger partial charge in [0.05, 0.1) is 30.7 Å². The van der Waals surface area contributed by atoms with E-state index in [1.54, 1.807) is 24.3 Å². The van der Waals surface area contributed by atoms with E-state index in [9.17, 15) is 9.59 Å². The number of nitriles is 1. The van der Waals surface area contributed by atoms with Crippen LogP contribution in [-0.2, 0) is 20.9 Å². The van der Waals surface area contributed by atoms with Gasteiger partial charge in [-0.2, -0.15) is 5.26 Å². The fourth-order valence-electron chi connectivity index (χ4n) is 5.18. The summed E-state index contributed by atoms with van der Waals surface area (Å²) >= 11 is 0. The maximum absolute atomic E-state index is 13.9. The molecule has 0 radical (unpaired) electrons. The lowest BCUT2D eigenvalue weighted by Crippen LogP contribution is -2.56. The maximum Gasteiger partial charge on any atom is 0.308 e. The zero-order valence-corrected chi connectivity index (χ0v) is 21.9. The first-order chi connectivity index (χ1) is 18.6. The molecule has 2 aliphatic heterocycles. The summed E-state index contributed by atoms with van der Waals surface area (Å²) in [7, 11) is 0. The van der Waals surface area contributed by atoms with Gasteiger partial charge in [-0.25, -0.2) is 0 Å². The monoisotopic (exact) mass is 518 g/mol. The number of nitrogens with zero attached hydrogens (tertiary/aromatic N) is 2. The van der Waals surface area contributed by atoms with Gasteiger partial charge in [0.1, 0.15) is 12.4 Å². The van der Waals surface area contributed by atoms with Crippen LogP contribution in [0.4, 0.5) is 0 Å². The molecule has 1 unspecified atom stereocenters. The molecule has 1 amide bonds. The number of carbonyl (C=O) groups is 2. The normalized spacial score (nSPS) is 18.8. The lowest BCUT2D eigenvalue weighted by atomic mass is 9.97. The number of benzene rings is 2. The molecule has 0 spiro atoms. The Bertz CT molecular complexity index is 1060. The molecule has 38 heavy (non-hydrogen) atoms. The number of carbonyl (C=O) groups excluding carboxylic acids is 2. The standard InChI is InChI=1S/C30H38N4O4/c31-21-23-9-11-27(12-10-23)37-19-15-26-8-4-5-18-34(26)30(36)28(33-25-13-16-32-17-14-25)20-29(35)38-22-24-6-2-1-3-7-24/h1-3,6-7,9-12,25-26,28,32-33H,4-5,8,13-20,22H2/t26?,28-/m0/s1. The van der Waals surface area contributed by atoms with Crippen LogP contribution in [0.2, 0.25) is 0 Å². The van der Waals surface area contributed by atoms with Gasteiger partial charge < -0.3 is 25.0 Å². The number of nitrogens with one attached hydrogen (secondary N) is 2. The van der Waals surface area contributed by atoms with Crippen molar-refractivity contribution in [3.05, 3.63) is 65.7 Å². The number of esters is 1. The molecule has 0 saturated carbocycles. The van der Waals surface area contributed by atoms with E-state index in [0.717, 1.165) is 50.8 Å². The minimum atomic E-state index is -0.610. The van der Waals surface area contributed by atoms with Crippen LogP contribution in [0.1, 0.15) is 56.1 Å². The zero-order valence-electron chi connectivity index (χ0n) is 21.9. The van der Waals surface area contributed by atoms with Gasteiger partial charge in [0.2, 0.25) is 5.91 Å². The Labute approximate surface area is 225 Å². The molecule has 4 rings (SSSR count). The lowest BCUT2D eigenvalue weighted by Gasteiger charge is -2.39. The highest BCUT2D eigenvalue weighted by atomic mass is 16.5. The molecule has 2 atom stereocenters. The highest BCUT2D eigenvalue weighted by Gasteiger charge is 2.34. The third kappa shape index (κ3) is 8.30. The van der Waals surface area contributed by atoms with Crippen LogP contribution in [0.25, 0.3) is 0 Å². The number of hydrogen-bond donors (Lipinski definition) is 2. The minimum absolute atomic E-state index is 0.0144. The predicted molar refractivity (Wildman–Crippen MR) is 144 cm³/mol. The number of amides is 1. The van der Waals surface area contributed by atoms with Crippen molar-refractivity contribution in [1.29, 1.82) is 5.26 Å². The van der Waals surface area contributed by atoms with Gasteiger partial charge >= 0.3 is 5.97 Å². The third-order valence-corrected chi connectivity index (χ3v) is 7.30. The van der Waals surface area contributed by atoms with Crippen molar-refractivity contribution in [1.82, 2.24) is 15.5 Å². The molecule has 202 valence electrons. The summed E-state index contributed by atoms with van der Waals surface area (Å²) in [6.07, 6.45) is 5.51. The Morgan fingerprint density at radius 2 is 1.82 bits per heavy atom. The van der Waals surface area contributed by atoms with Crippen LogP contribution < -0.4 is 15.4 Å². The first-order valence-electron chi connectivity index (χ1n) is 13.7. The van der Waals surface area contributed by atoms with E-state index in [1.165, 1.54) is 0 Å². The second-order valence-electron chi connectivity index (χ2n) is 10.0. The van der Waals surface area contributed by atoms with Crippen molar-refractivity contribution >= 4 is 11.9 Å². The minimum Gasteiger partial charge on any atom is -0.494 e. The van der Waals surface area contributed by atoms with Gasteiger partial charge in [-0.1, -0.05) is 30.3 Å². The van der Waals surface area contributed by atoms with Crippen LogP contribution in [0, 0.1) is 11.3 Å². The van der Waals surface area contributed by atoms with Gasteiger partial charge in [-0.15, -0.1) is 0 Å². The average Bonchev–Trinajstić information content (AvgIpc) is 2.97. The van der Waals surface area contributed by atoms with Crippen LogP contribution in [0.3, 0.4) is 0 Å². The first-order valence-corrected chi connectivity index (χ1v) is 13.7. The Morgan fingerprint density at radius 1 is 1.05 bits per heavy atom. The van der Waals surface area contributed by atoms with Gasteiger partial charge in [0.25, 0.3) is 0 Å². The van der Waals surface area contributed by atoms with Crippen molar-refractivity contribution in [3.63, 3.8) is 0 Å². The van der Waals surface area contributed by atoms with Gasteiger partial charge in [-0.05, 0) is 75.0 Å². The number of ether oxygens (including phenoxy) is 2. The quantitative estimate of drug-likeness (QED) is 0.439. The third-order valence-electron chi connectivity index (χ3n) is 7.30. The van der Waals surface area contributed by atoms with Crippen molar-refractivity contribution in [2.45, 2.75) is 69.7 Å². The molecular weight excluding hydrogens is 480 g/mol. The van der Waals surface area contributed by atoms with E-state index >= 15 is 0 Å². The van der Waals surface area contributed by atoms with E-state index in [2.05, 4.69) is 16.7 Å². The van der Waals surface area contributed by atoms with Crippen molar-refractivity contribution < 1.29 is 19.1 Å². The highest BCUT2D eigenvalue weighted by molar-refractivity contribution is 5.87. The van der Waals surface area contributed by atoms with Gasteiger partial charge in [-0.3, -0.25) is 9.59 Å². The summed E-state index contributed by atoms with van der Waals surface area (Å²) in [5, 5.41) is 15.8. The molecule has 2 saturated heterocycles. The van der Waals surface area contributed by atoms with Crippen molar-refractivity contribution in [2.75, 3.05) is 26.2 Å². The van der Waals surface area contributed by atoms with Crippen molar-refractivity contribution in [3.8, 4) is 11.8 Å². The Hall–Kier alpha value is -3.41. The van der Waals surface area contributed by atoms with Crippen molar-refractivity contribution in [2.24, 2.45) is 0 Å². The number of hydrogen-bond acceptors (Lipinski definition) is 7. The summed E-state index contributed by atoms with van der Waals surface area (Å²) in [5.41, 5.74) is 1.52. The molecule has 8 heteroatoms. The first kappa shape index (κ1) is 27.6. The topological polar surface area (TPSA) is 104 Å². The number of likely N-dealkylation sites (tertiary alicyclic amines) is 1. The van der Waals surface area contributed by atoms with Gasteiger partial charge in [0.15, 0.2) is 0 Å². The molecule has 2 aromatic carbocycles. The maximum atomic E-state index is 13.9. The van der Waals surface area contributed by atoms with Crippen LogP contribution in [-0.4, -0.2) is 61.1 Å². The van der Waals surface area contributed by atoms with E-state index in [-0.39, 0.29) is 37.0 Å². The second kappa shape index (κ2) is 14.5. The molecule has 2 heterocycles. The predicted octanol–water partition coefficient (Wildman–Crippen LogP) is 3.55. The van der Waals surface area contributed by atoms with E-state index in [4.69, 9.17) is 14.7 Å². The number of rotatable bonds is 11. The lowest BCUT2D eigenvalue weighted by molar-refractivity contribution is -0.149. The Morgan fingerprint density at radius 3 is 2.55 bits per heavy atom. The Kier molecular flexibility index (Phi) is 10.5. The summed E-state index contributed by atoms with van der Waals surface area (Å²) in [6, 6.07) is 18.4. The fraction of sp³-hybridized carbons (Fsp3) is 0.500. The van der Waals surface area contributed by atoms with Crippen LogP contribution in [0.5, 0.6) is 5.75 Å². The fourth-order valence-corrected chi connectivity index (χ4v) is 5.18. The molecule has 0 aliphatic carbocycles. The van der Waals surface area contributed by atoms with E-state index in [0.29, 0.717) is 30.9 Å². The molecule has 2 N–H and O–H groups in total. The molecule has 2 fully saturated rings. The van der Waals surface area contributed by atoms with E-state index < -0.39 is 6.04 Å². The van der Waals surface area contributed by atoms with E-state index in [1.807, 2.05) is 35.2 Å². The Balaban J connectivity index is 1.37. The molecule has 8 nitrogen and oxygen atoms in total. The van der Waals surface area contributed by atoms with Crippen LogP contribution in [0.15, 0.2) is 54.6 Å². The van der Waals surface area contributed by atoms with Crippen LogP contribution >= 0.6 is 0 Å². The smallest absolute Gasteiger partial charge is 0.308 e. The molecule has 2 aromatic rings. The highest BCUT2D eigenvalue weighted by Crippen LogP contribution is 2.23.